The third-order valence-corrected chi connectivity index (χ3v) is 5.78. The second-order valence-corrected chi connectivity index (χ2v) is 7.14. The van der Waals surface area contributed by atoms with Crippen LogP contribution in [0.4, 0.5) is 4.79 Å². The lowest BCUT2D eigenvalue weighted by molar-refractivity contribution is -0.125. The number of hydrogen-bond donors (Lipinski definition) is 2. The zero-order valence-electron chi connectivity index (χ0n) is 13.9. The minimum atomic E-state index is -0.462. The van der Waals surface area contributed by atoms with Gasteiger partial charge < -0.3 is 5.32 Å². The van der Waals surface area contributed by atoms with Crippen molar-refractivity contribution in [3.8, 4) is 0 Å². The number of piperidine rings is 1. The maximum atomic E-state index is 12.1. The molecule has 128 valence electrons. The number of fused-ring (bicyclic) bond motifs is 1. The fourth-order valence-corrected chi connectivity index (χ4v) is 4.18. The predicted octanol–water partition coefficient (Wildman–Crippen LogP) is 2.32. The quantitative estimate of drug-likeness (QED) is 0.894. The summed E-state index contributed by atoms with van der Waals surface area (Å²) in [5.74, 6) is 0.195. The standard InChI is InChI=1S/C17H22N4O2S/c1-11(15(22)20-17(23)18-2)21-9-7-12(8-10-21)16-19-13-5-3-4-6-14(13)24-16/h3-6,11-12H,7-10H2,1-2H3,(H2,18,20,22,23)/t11-/m1/s1. The van der Waals surface area contributed by atoms with Gasteiger partial charge in [-0.1, -0.05) is 12.1 Å². The molecule has 24 heavy (non-hydrogen) atoms. The van der Waals surface area contributed by atoms with Crippen LogP contribution in [0.3, 0.4) is 0 Å². The summed E-state index contributed by atoms with van der Waals surface area (Å²) < 4.78 is 1.23. The van der Waals surface area contributed by atoms with Crippen molar-refractivity contribution in [3.05, 3.63) is 29.3 Å². The highest BCUT2D eigenvalue weighted by Crippen LogP contribution is 2.34. The van der Waals surface area contributed by atoms with Crippen LogP contribution in [0.15, 0.2) is 24.3 Å². The van der Waals surface area contributed by atoms with Gasteiger partial charge in [0.05, 0.1) is 21.3 Å². The number of carbonyl (C=O) groups excluding carboxylic acids is 2. The number of likely N-dealkylation sites (tertiary alicyclic amines) is 1. The summed E-state index contributed by atoms with van der Waals surface area (Å²) in [5.41, 5.74) is 1.07. The van der Waals surface area contributed by atoms with Crippen molar-refractivity contribution in [2.45, 2.75) is 31.7 Å². The SMILES string of the molecule is CNC(=O)NC(=O)[C@@H](C)N1CCC(c2nc3ccccc3s2)CC1. The van der Waals surface area contributed by atoms with Gasteiger partial charge in [-0.15, -0.1) is 11.3 Å². The van der Waals surface area contributed by atoms with Gasteiger partial charge >= 0.3 is 6.03 Å². The predicted molar refractivity (Wildman–Crippen MR) is 95.2 cm³/mol. The zero-order valence-corrected chi connectivity index (χ0v) is 14.7. The molecule has 1 aliphatic heterocycles. The van der Waals surface area contributed by atoms with Gasteiger partial charge in [-0.3, -0.25) is 15.0 Å². The van der Waals surface area contributed by atoms with E-state index in [0.29, 0.717) is 5.92 Å². The van der Waals surface area contributed by atoms with Crippen molar-refractivity contribution in [2.75, 3.05) is 20.1 Å². The van der Waals surface area contributed by atoms with Gasteiger partial charge in [0.15, 0.2) is 0 Å². The third-order valence-electron chi connectivity index (χ3n) is 4.58. The molecule has 0 saturated carbocycles. The Morgan fingerprint density at radius 2 is 2.00 bits per heavy atom. The second kappa shape index (κ2) is 7.27. The molecule has 1 aliphatic rings. The summed E-state index contributed by atoms with van der Waals surface area (Å²) in [7, 11) is 1.50. The monoisotopic (exact) mass is 346 g/mol. The van der Waals surface area contributed by atoms with Crippen molar-refractivity contribution in [3.63, 3.8) is 0 Å². The Hall–Kier alpha value is -1.99. The molecule has 0 bridgehead atoms. The Kier molecular flexibility index (Phi) is 5.11. The number of nitrogens with one attached hydrogen (secondary N) is 2. The summed E-state index contributed by atoms with van der Waals surface area (Å²) in [5, 5.41) is 5.94. The summed E-state index contributed by atoms with van der Waals surface area (Å²) in [4.78, 5) is 30.2. The molecule has 7 heteroatoms. The van der Waals surface area contributed by atoms with Crippen molar-refractivity contribution in [1.29, 1.82) is 0 Å². The minimum Gasteiger partial charge on any atom is -0.341 e. The van der Waals surface area contributed by atoms with Gasteiger partial charge in [0, 0.05) is 13.0 Å². The first-order valence-electron chi connectivity index (χ1n) is 8.20. The van der Waals surface area contributed by atoms with Gasteiger partial charge in [-0.25, -0.2) is 9.78 Å². The molecular weight excluding hydrogens is 324 g/mol. The Balaban J connectivity index is 1.59. The van der Waals surface area contributed by atoms with Crippen molar-refractivity contribution >= 4 is 33.5 Å². The van der Waals surface area contributed by atoms with Gasteiger partial charge in [0.2, 0.25) is 5.91 Å². The van der Waals surface area contributed by atoms with Gasteiger partial charge in [-0.05, 0) is 45.0 Å². The minimum absolute atomic E-state index is 0.257. The van der Waals surface area contributed by atoms with Gasteiger partial charge in [0.25, 0.3) is 0 Å². The van der Waals surface area contributed by atoms with Gasteiger partial charge in [0.1, 0.15) is 0 Å². The van der Waals surface area contributed by atoms with Crippen LogP contribution in [-0.4, -0.2) is 48.0 Å². The molecule has 1 fully saturated rings. The Bertz CT molecular complexity index is 704. The number of imide groups is 1. The van der Waals surface area contributed by atoms with E-state index < -0.39 is 6.03 Å². The number of rotatable bonds is 3. The van der Waals surface area contributed by atoms with Crippen LogP contribution in [-0.2, 0) is 4.79 Å². The van der Waals surface area contributed by atoms with Crippen LogP contribution in [0.1, 0.15) is 30.7 Å². The molecule has 2 N–H and O–H groups in total. The van der Waals surface area contributed by atoms with Crippen LogP contribution >= 0.6 is 11.3 Å². The molecular formula is C17H22N4O2S. The van der Waals surface area contributed by atoms with E-state index in [4.69, 9.17) is 4.98 Å². The second-order valence-electron chi connectivity index (χ2n) is 6.07. The Morgan fingerprint density at radius 3 is 2.67 bits per heavy atom. The lowest BCUT2D eigenvalue weighted by atomic mass is 9.96. The largest absolute Gasteiger partial charge is 0.341 e. The maximum Gasteiger partial charge on any atom is 0.321 e. The van der Waals surface area contributed by atoms with Crippen LogP contribution in [0, 0.1) is 0 Å². The number of benzene rings is 1. The normalized spacial score (nSPS) is 17.6. The molecule has 0 unspecified atom stereocenters. The smallest absolute Gasteiger partial charge is 0.321 e. The summed E-state index contributed by atoms with van der Waals surface area (Å²) in [6, 6.07) is 7.45. The summed E-state index contributed by atoms with van der Waals surface area (Å²) in [6.45, 7) is 3.52. The first-order valence-corrected chi connectivity index (χ1v) is 9.02. The Morgan fingerprint density at radius 1 is 1.29 bits per heavy atom. The summed E-state index contributed by atoms with van der Waals surface area (Å²) >= 11 is 1.77. The van der Waals surface area contributed by atoms with Gasteiger partial charge in [-0.2, -0.15) is 0 Å². The molecule has 3 amide bonds. The van der Waals surface area contributed by atoms with Crippen molar-refractivity contribution in [1.82, 2.24) is 20.5 Å². The number of urea groups is 1. The van der Waals surface area contributed by atoms with Crippen molar-refractivity contribution in [2.24, 2.45) is 0 Å². The number of aromatic nitrogens is 1. The molecule has 2 heterocycles. The van der Waals surface area contributed by atoms with Crippen LogP contribution in [0.25, 0.3) is 10.2 Å². The molecule has 0 spiro atoms. The van der Waals surface area contributed by atoms with Crippen molar-refractivity contribution < 1.29 is 9.59 Å². The highest BCUT2D eigenvalue weighted by Gasteiger charge is 2.29. The first kappa shape index (κ1) is 16.9. The lowest BCUT2D eigenvalue weighted by Crippen LogP contribution is -2.50. The number of hydrogen-bond acceptors (Lipinski definition) is 5. The maximum absolute atomic E-state index is 12.1. The van der Waals surface area contributed by atoms with E-state index in [1.807, 2.05) is 19.1 Å². The van der Waals surface area contributed by atoms with E-state index in [9.17, 15) is 9.59 Å². The van der Waals surface area contributed by atoms with E-state index in [2.05, 4.69) is 27.7 Å². The molecule has 0 aliphatic carbocycles. The van der Waals surface area contributed by atoms with E-state index in [-0.39, 0.29) is 11.9 Å². The van der Waals surface area contributed by atoms with E-state index in [0.717, 1.165) is 31.4 Å². The molecule has 2 aromatic rings. The lowest BCUT2D eigenvalue weighted by Gasteiger charge is -2.34. The van der Waals surface area contributed by atoms with Crippen LogP contribution < -0.4 is 10.6 Å². The average Bonchev–Trinajstić information content (AvgIpc) is 3.05. The Labute approximate surface area is 145 Å². The first-order chi connectivity index (χ1) is 11.6. The highest BCUT2D eigenvalue weighted by molar-refractivity contribution is 7.18. The number of carbonyl (C=O) groups is 2. The number of thiazole rings is 1. The number of nitrogens with zero attached hydrogens (tertiary/aromatic N) is 2. The fourth-order valence-electron chi connectivity index (χ4n) is 3.04. The fraction of sp³-hybridized carbons (Fsp3) is 0.471. The molecule has 6 nitrogen and oxygen atoms in total. The van der Waals surface area contributed by atoms with E-state index in [1.165, 1.54) is 16.8 Å². The van der Waals surface area contributed by atoms with E-state index >= 15 is 0 Å². The average molecular weight is 346 g/mol. The van der Waals surface area contributed by atoms with Crippen LogP contribution in [0.2, 0.25) is 0 Å². The highest BCUT2D eigenvalue weighted by atomic mass is 32.1. The number of amides is 3. The summed E-state index contributed by atoms with van der Waals surface area (Å²) in [6.07, 6.45) is 1.97. The van der Waals surface area contributed by atoms with E-state index in [1.54, 1.807) is 11.3 Å². The molecule has 1 aromatic carbocycles. The topological polar surface area (TPSA) is 74.3 Å². The molecule has 1 saturated heterocycles. The molecule has 1 atom stereocenters. The zero-order chi connectivity index (χ0) is 17.1. The molecule has 0 radical (unpaired) electrons. The third kappa shape index (κ3) is 3.57. The number of para-hydroxylation sites is 1. The molecule has 3 rings (SSSR count). The van der Waals surface area contributed by atoms with Crippen LogP contribution in [0.5, 0.6) is 0 Å². The molecule has 1 aromatic heterocycles.